The number of aromatic nitrogens is 3. The highest BCUT2D eigenvalue weighted by molar-refractivity contribution is 7.99. The molecule has 0 amide bonds. The summed E-state index contributed by atoms with van der Waals surface area (Å²) in [4.78, 5) is 24.1. The van der Waals surface area contributed by atoms with Gasteiger partial charge in [-0.3, -0.25) is 4.98 Å². The molecule has 2 aromatic heterocycles. The Kier molecular flexibility index (Phi) is 4.30. The molecule has 6 nitrogen and oxygen atoms in total. The van der Waals surface area contributed by atoms with Gasteiger partial charge in [-0.05, 0) is 24.8 Å². The van der Waals surface area contributed by atoms with Gasteiger partial charge in [0, 0.05) is 12.4 Å². The molecule has 2 rings (SSSR count). The topological polar surface area (TPSA) is 91.0 Å². The molecule has 0 aliphatic rings. The van der Waals surface area contributed by atoms with E-state index in [0.717, 1.165) is 0 Å². The molecule has 2 heterocycles. The molecular formula is C12H12N4O2S. The minimum atomic E-state index is -0.450. The number of nitrogens with two attached hydrogens (primary N) is 1. The first kappa shape index (κ1) is 13.3. The molecule has 0 fully saturated rings. The summed E-state index contributed by atoms with van der Waals surface area (Å²) in [6.07, 6.45) is 6.23. The molecule has 0 unspecified atom stereocenters. The summed E-state index contributed by atoms with van der Waals surface area (Å²) < 4.78 is 4.98. The molecule has 0 bridgehead atoms. The van der Waals surface area contributed by atoms with E-state index in [1.165, 1.54) is 18.0 Å². The Morgan fingerprint density at radius 1 is 1.37 bits per heavy atom. The monoisotopic (exact) mass is 276 g/mol. The smallest absolute Gasteiger partial charge is 0.340 e. The molecule has 0 spiro atoms. The minimum Gasteiger partial charge on any atom is -0.462 e. The zero-order valence-corrected chi connectivity index (χ0v) is 11.1. The van der Waals surface area contributed by atoms with Crippen molar-refractivity contribution in [2.75, 3.05) is 12.3 Å². The van der Waals surface area contributed by atoms with Crippen molar-refractivity contribution in [1.82, 2.24) is 15.0 Å². The number of rotatable bonds is 4. The molecule has 0 aromatic carbocycles. The van der Waals surface area contributed by atoms with Crippen molar-refractivity contribution in [1.29, 1.82) is 0 Å². The Morgan fingerprint density at radius 3 is 2.89 bits per heavy atom. The quantitative estimate of drug-likeness (QED) is 0.851. The number of hydrogen-bond acceptors (Lipinski definition) is 7. The first-order valence-corrected chi connectivity index (χ1v) is 6.39. The summed E-state index contributed by atoms with van der Waals surface area (Å²) in [5.74, 6) is -0.450. The molecule has 0 saturated carbocycles. The summed E-state index contributed by atoms with van der Waals surface area (Å²) in [6, 6.07) is 1.55. The Morgan fingerprint density at radius 2 is 2.21 bits per heavy atom. The van der Waals surface area contributed by atoms with E-state index in [2.05, 4.69) is 15.0 Å². The second kappa shape index (κ2) is 6.14. The first-order valence-electron chi connectivity index (χ1n) is 5.57. The van der Waals surface area contributed by atoms with Gasteiger partial charge >= 0.3 is 5.97 Å². The predicted octanol–water partition coefficient (Wildman–Crippen LogP) is 1.78. The number of ether oxygens (including phenoxy) is 1. The van der Waals surface area contributed by atoms with Crippen molar-refractivity contribution in [3.63, 3.8) is 0 Å². The molecule has 0 atom stereocenters. The van der Waals surface area contributed by atoms with Crippen LogP contribution in [-0.4, -0.2) is 27.5 Å². The lowest BCUT2D eigenvalue weighted by atomic mass is 10.3. The van der Waals surface area contributed by atoms with Gasteiger partial charge in [0.25, 0.3) is 0 Å². The van der Waals surface area contributed by atoms with Gasteiger partial charge < -0.3 is 10.5 Å². The fourth-order valence-electron chi connectivity index (χ4n) is 1.34. The highest BCUT2D eigenvalue weighted by Crippen LogP contribution is 2.28. The average molecular weight is 276 g/mol. The lowest BCUT2D eigenvalue weighted by Crippen LogP contribution is -2.08. The molecular weight excluding hydrogens is 264 g/mol. The van der Waals surface area contributed by atoms with Crippen LogP contribution in [0.15, 0.2) is 40.9 Å². The van der Waals surface area contributed by atoms with E-state index in [9.17, 15) is 4.79 Å². The van der Waals surface area contributed by atoms with Gasteiger partial charge in [0.05, 0.1) is 30.3 Å². The van der Waals surface area contributed by atoms with Crippen molar-refractivity contribution in [2.45, 2.75) is 17.0 Å². The van der Waals surface area contributed by atoms with Gasteiger partial charge in [-0.1, -0.05) is 0 Å². The van der Waals surface area contributed by atoms with E-state index in [1.807, 2.05) is 0 Å². The van der Waals surface area contributed by atoms with Crippen LogP contribution in [0.4, 0.5) is 5.69 Å². The average Bonchev–Trinajstić information content (AvgIpc) is 2.42. The molecule has 98 valence electrons. The Balaban J connectivity index is 2.32. The van der Waals surface area contributed by atoms with Gasteiger partial charge in [0.15, 0.2) is 0 Å². The maximum absolute atomic E-state index is 11.8. The SMILES string of the molecule is CCOC(=O)c1cc(N)cnc1Sc1cnccn1. The number of esters is 1. The third-order valence-corrected chi connectivity index (χ3v) is 3.05. The van der Waals surface area contributed by atoms with Crippen LogP contribution in [0.1, 0.15) is 17.3 Å². The van der Waals surface area contributed by atoms with E-state index in [1.54, 1.807) is 31.6 Å². The van der Waals surface area contributed by atoms with Crippen LogP contribution in [0, 0.1) is 0 Å². The minimum absolute atomic E-state index is 0.295. The number of anilines is 1. The number of nitrogens with zero attached hydrogens (tertiary/aromatic N) is 3. The highest BCUT2D eigenvalue weighted by atomic mass is 32.2. The van der Waals surface area contributed by atoms with Crippen molar-refractivity contribution >= 4 is 23.4 Å². The maximum atomic E-state index is 11.8. The van der Waals surface area contributed by atoms with Gasteiger partial charge in [-0.25, -0.2) is 14.8 Å². The van der Waals surface area contributed by atoms with Crippen LogP contribution >= 0.6 is 11.8 Å². The molecule has 19 heavy (non-hydrogen) atoms. The van der Waals surface area contributed by atoms with Crippen LogP contribution in [0.2, 0.25) is 0 Å². The summed E-state index contributed by atoms with van der Waals surface area (Å²) >= 11 is 1.24. The van der Waals surface area contributed by atoms with Crippen molar-refractivity contribution in [2.24, 2.45) is 0 Å². The highest BCUT2D eigenvalue weighted by Gasteiger charge is 2.16. The second-order valence-electron chi connectivity index (χ2n) is 3.49. The summed E-state index contributed by atoms with van der Waals surface area (Å²) in [6.45, 7) is 2.04. The van der Waals surface area contributed by atoms with E-state index in [-0.39, 0.29) is 0 Å². The Bertz CT molecular complexity index is 577. The van der Waals surface area contributed by atoms with Gasteiger partial charge in [0.2, 0.25) is 0 Å². The lowest BCUT2D eigenvalue weighted by Gasteiger charge is -2.07. The fourth-order valence-corrected chi connectivity index (χ4v) is 2.12. The molecule has 7 heteroatoms. The van der Waals surface area contributed by atoms with E-state index in [4.69, 9.17) is 10.5 Å². The summed E-state index contributed by atoms with van der Waals surface area (Å²) in [5, 5.41) is 1.14. The van der Waals surface area contributed by atoms with Crippen LogP contribution in [0.3, 0.4) is 0 Å². The zero-order chi connectivity index (χ0) is 13.7. The zero-order valence-electron chi connectivity index (χ0n) is 10.2. The molecule has 2 N–H and O–H groups in total. The van der Waals surface area contributed by atoms with Crippen LogP contribution in [0.5, 0.6) is 0 Å². The van der Waals surface area contributed by atoms with Crippen molar-refractivity contribution in [3.05, 3.63) is 36.4 Å². The third-order valence-electron chi connectivity index (χ3n) is 2.11. The standard InChI is InChI=1S/C12H12N4O2S/c1-2-18-12(17)9-5-8(13)6-16-11(9)19-10-7-14-3-4-15-10/h3-7H,2,13H2,1H3. The van der Waals surface area contributed by atoms with Gasteiger partial charge in [-0.2, -0.15) is 0 Å². The Labute approximate surface area is 114 Å². The molecule has 0 radical (unpaired) electrons. The van der Waals surface area contributed by atoms with Crippen LogP contribution < -0.4 is 5.73 Å². The lowest BCUT2D eigenvalue weighted by molar-refractivity contribution is 0.0521. The van der Waals surface area contributed by atoms with Gasteiger partial charge in [0.1, 0.15) is 10.1 Å². The number of pyridine rings is 1. The van der Waals surface area contributed by atoms with Crippen molar-refractivity contribution < 1.29 is 9.53 Å². The first-order chi connectivity index (χ1) is 9.20. The third kappa shape index (κ3) is 3.41. The molecule has 0 saturated heterocycles. The summed E-state index contributed by atoms with van der Waals surface area (Å²) in [5.41, 5.74) is 6.39. The Hall–Kier alpha value is -2.15. The second-order valence-corrected chi connectivity index (χ2v) is 4.50. The molecule has 0 aliphatic heterocycles. The van der Waals surface area contributed by atoms with E-state index >= 15 is 0 Å². The molecule has 0 aliphatic carbocycles. The van der Waals surface area contributed by atoms with Gasteiger partial charge in [-0.15, -0.1) is 0 Å². The fraction of sp³-hybridized carbons (Fsp3) is 0.167. The molecule has 2 aromatic rings. The van der Waals surface area contributed by atoms with Crippen LogP contribution in [-0.2, 0) is 4.74 Å². The number of hydrogen-bond donors (Lipinski definition) is 1. The number of carbonyl (C=O) groups excluding carboxylic acids is 1. The van der Waals surface area contributed by atoms with Crippen molar-refractivity contribution in [3.8, 4) is 0 Å². The largest absolute Gasteiger partial charge is 0.462 e. The predicted molar refractivity (Wildman–Crippen MR) is 70.8 cm³/mol. The van der Waals surface area contributed by atoms with Crippen LogP contribution in [0.25, 0.3) is 0 Å². The van der Waals surface area contributed by atoms with E-state index < -0.39 is 5.97 Å². The van der Waals surface area contributed by atoms with E-state index in [0.29, 0.717) is 27.9 Å². The summed E-state index contributed by atoms with van der Waals surface area (Å²) in [7, 11) is 0. The normalized spacial score (nSPS) is 10.2. The maximum Gasteiger partial charge on any atom is 0.340 e. The number of nitrogen functional groups attached to an aromatic ring is 1. The number of carbonyl (C=O) groups is 1.